The number of hydrogen-bond acceptors (Lipinski definition) is 7. The van der Waals surface area contributed by atoms with Crippen molar-refractivity contribution in [3.63, 3.8) is 0 Å². The lowest BCUT2D eigenvalue weighted by Crippen LogP contribution is -2.43. The van der Waals surface area contributed by atoms with Crippen molar-refractivity contribution >= 4 is 11.0 Å². The molecule has 0 amide bonds. The zero-order valence-electron chi connectivity index (χ0n) is 17.5. The van der Waals surface area contributed by atoms with E-state index in [0.717, 1.165) is 61.6 Å². The van der Waals surface area contributed by atoms with Crippen LogP contribution in [0.1, 0.15) is 18.4 Å². The Bertz CT molecular complexity index is 1110. The van der Waals surface area contributed by atoms with E-state index >= 15 is 0 Å². The van der Waals surface area contributed by atoms with Crippen molar-refractivity contribution < 1.29 is 9.47 Å². The maximum absolute atomic E-state index is 12.3. The molecule has 2 aromatic heterocycles. The van der Waals surface area contributed by atoms with E-state index in [0.29, 0.717) is 25.8 Å². The van der Waals surface area contributed by atoms with Crippen molar-refractivity contribution in [1.29, 1.82) is 0 Å². The first kappa shape index (κ1) is 20.0. The molecule has 1 aromatic carbocycles. The largest absolute Gasteiger partial charge is 0.486 e. The fourth-order valence-corrected chi connectivity index (χ4v) is 4.31. The zero-order chi connectivity index (χ0) is 21.0. The minimum atomic E-state index is -0.0605. The van der Waals surface area contributed by atoms with Crippen molar-refractivity contribution in [3.8, 4) is 11.5 Å². The van der Waals surface area contributed by atoms with Gasteiger partial charge in [0.05, 0.1) is 17.9 Å². The second-order valence-electron chi connectivity index (χ2n) is 8.09. The maximum atomic E-state index is 12.3. The van der Waals surface area contributed by atoms with Crippen LogP contribution in [-0.4, -0.2) is 58.3 Å². The summed E-state index contributed by atoms with van der Waals surface area (Å²) in [6.07, 6.45) is 6.99. The molecule has 31 heavy (non-hydrogen) atoms. The molecule has 4 heterocycles. The van der Waals surface area contributed by atoms with E-state index in [1.165, 1.54) is 11.8 Å². The fourth-order valence-electron chi connectivity index (χ4n) is 4.31. The summed E-state index contributed by atoms with van der Waals surface area (Å²) in [6, 6.07) is 8.53. The molecule has 2 aliphatic heterocycles. The van der Waals surface area contributed by atoms with Crippen LogP contribution in [0.2, 0.25) is 0 Å². The number of rotatable bonds is 6. The number of fused-ring (bicyclic) bond motifs is 2. The molecular formula is C23H27N5O3. The van der Waals surface area contributed by atoms with Gasteiger partial charge in [0.2, 0.25) is 0 Å². The van der Waals surface area contributed by atoms with Gasteiger partial charge in [-0.25, -0.2) is 4.98 Å². The monoisotopic (exact) mass is 421 g/mol. The number of nitrogens with one attached hydrogen (secondary N) is 1. The molecule has 2 aliphatic rings. The lowest BCUT2D eigenvalue weighted by Gasteiger charge is -2.32. The van der Waals surface area contributed by atoms with Gasteiger partial charge in [0, 0.05) is 31.9 Å². The third-order valence-electron chi connectivity index (χ3n) is 6.08. The molecule has 0 spiro atoms. The van der Waals surface area contributed by atoms with Crippen LogP contribution in [0.3, 0.4) is 0 Å². The van der Waals surface area contributed by atoms with Crippen molar-refractivity contribution in [3.05, 3.63) is 58.8 Å². The highest BCUT2D eigenvalue weighted by Crippen LogP contribution is 2.30. The lowest BCUT2D eigenvalue weighted by molar-refractivity contribution is 0.171. The molecule has 0 aliphatic carbocycles. The van der Waals surface area contributed by atoms with Gasteiger partial charge in [0.15, 0.2) is 11.5 Å². The Labute approximate surface area is 180 Å². The average Bonchev–Trinajstić information content (AvgIpc) is 2.82. The van der Waals surface area contributed by atoms with E-state index in [4.69, 9.17) is 9.47 Å². The van der Waals surface area contributed by atoms with Gasteiger partial charge in [-0.1, -0.05) is 6.07 Å². The third-order valence-corrected chi connectivity index (χ3v) is 6.08. The molecule has 0 unspecified atom stereocenters. The lowest BCUT2D eigenvalue weighted by atomic mass is 10.0. The van der Waals surface area contributed by atoms with Crippen LogP contribution >= 0.6 is 0 Å². The number of benzene rings is 1. The first-order valence-corrected chi connectivity index (χ1v) is 10.9. The topological polar surface area (TPSA) is 81.5 Å². The highest BCUT2D eigenvalue weighted by atomic mass is 16.6. The molecule has 162 valence electrons. The number of likely N-dealkylation sites (tertiary alicyclic amines) is 1. The molecule has 3 aromatic rings. The Hall–Kier alpha value is -2.97. The van der Waals surface area contributed by atoms with Crippen molar-refractivity contribution in [2.24, 2.45) is 0 Å². The van der Waals surface area contributed by atoms with E-state index in [9.17, 15) is 4.79 Å². The highest BCUT2D eigenvalue weighted by molar-refractivity contribution is 5.72. The van der Waals surface area contributed by atoms with Gasteiger partial charge in [-0.05, 0) is 49.7 Å². The van der Waals surface area contributed by atoms with Gasteiger partial charge >= 0.3 is 0 Å². The standard InChI is InChI=1S/C23H27N5O3/c29-23-16-26-19-15-24-6-3-20(19)28(23)10-9-27-7-4-18(5-8-27)25-14-17-1-2-21-22(13-17)31-12-11-30-21/h1-3,6,13,15-16,18,25H,4-5,7-12,14H2. The van der Waals surface area contributed by atoms with E-state index in [2.05, 4.69) is 32.3 Å². The van der Waals surface area contributed by atoms with Crippen LogP contribution in [0.4, 0.5) is 0 Å². The van der Waals surface area contributed by atoms with E-state index in [-0.39, 0.29) is 5.56 Å². The predicted octanol–water partition coefficient (Wildman–Crippen LogP) is 1.82. The van der Waals surface area contributed by atoms with Crippen molar-refractivity contribution in [2.45, 2.75) is 32.0 Å². The van der Waals surface area contributed by atoms with Crippen LogP contribution in [0, 0.1) is 0 Å². The molecule has 5 rings (SSSR count). The number of nitrogens with zero attached hydrogens (tertiary/aromatic N) is 4. The second-order valence-corrected chi connectivity index (χ2v) is 8.09. The predicted molar refractivity (Wildman–Crippen MR) is 118 cm³/mol. The maximum Gasteiger partial charge on any atom is 0.269 e. The zero-order valence-corrected chi connectivity index (χ0v) is 17.5. The van der Waals surface area contributed by atoms with Crippen LogP contribution < -0.4 is 20.3 Å². The van der Waals surface area contributed by atoms with Gasteiger partial charge in [-0.15, -0.1) is 0 Å². The molecular weight excluding hydrogens is 394 g/mol. The molecule has 0 bridgehead atoms. The fraction of sp³-hybridized carbons (Fsp3) is 0.435. The summed E-state index contributed by atoms with van der Waals surface area (Å²) >= 11 is 0. The first-order chi connectivity index (χ1) is 15.3. The molecule has 1 N–H and O–H groups in total. The molecule has 0 radical (unpaired) electrons. The van der Waals surface area contributed by atoms with Crippen molar-refractivity contribution in [2.75, 3.05) is 32.8 Å². The third kappa shape index (κ3) is 4.55. The summed E-state index contributed by atoms with van der Waals surface area (Å²) in [5, 5.41) is 3.68. The molecule has 0 saturated carbocycles. The van der Waals surface area contributed by atoms with Crippen LogP contribution in [-0.2, 0) is 13.1 Å². The van der Waals surface area contributed by atoms with Gasteiger partial charge < -0.3 is 24.3 Å². The Morgan fingerprint density at radius 2 is 1.87 bits per heavy atom. The normalized spacial score (nSPS) is 17.2. The quantitative estimate of drug-likeness (QED) is 0.650. The summed E-state index contributed by atoms with van der Waals surface area (Å²) in [5.74, 6) is 1.68. The summed E-state index contributed by atoms with van der Waals surface area (Å²) in [6.45, 7) is 5.63. The number of pyridine rings is 1. The van der Waals surface area contributed by atoms with Gasteiger partial charge in [-0.2, -0.15) is 0 Å². The van der Waals surface area contributed by atoms with Crippen LogP contribution in [0.5, 0.6) is 11.5 Å². The number of aromatic nitrogens is 3. The molecule has 1 fully saturated rings. The Morgan fingerprint density at radius 1 is 1.03 bits per heavy atom. The smallest absolute Gasteiger partial charge is 0.269 e. The number of piperidine rings is 1. The van der Waals surface area contributed by atoms with E-state index in [1.54, 1.807) is 17.0 Å². The van der Waals surface area contributed by atoms with Crippen molar-refractivity contribution in [1.82, 2.24) is 24.8 Å². The van der Waals surface area contributed by atoms with Gasteiger partial charge in [-0.3, -0.25) is 9.78 Å². The van der Waals surface area contributed by atoms with Crippen LogP contribution in [0.25, 0.3) is 11.0 Å². The summed E-state index contributed by atoms with van der Waals surface area (Å²) in [4.78, 5) is 23.0. The number of hydrogen-bond donors (Lipinski definition) is 1. The minimum absolute atomic E-state index is 0.0605. The van der Waals surface area contributed by atoms with Gasteiger partial charge in [0.1, 0.15) is 18.7 Å². The average molecular weight is 422 g/mol. The SMILES string of the molecule is O=c1cnc2cnccc2n1CCN1CCC(NCc2ccc3c(c2)OCCO3)CC1. The molecule has 8 nitrogen and oxygen atoms in total. The number of ether oxygens (including phenoxy) is 2. The first-order valence-electron chi connectivity index (χ1n) is 10.9. The Morgan fingerprint density at radius 3 is 2.74 bits per heavy atom. The summed E-state index contributed by atoms with van der Waals surface area (Å²) in [7, 11) is 0. The molecule has 0 atom stereocenters. The minimum Gasteiger partial charge on any atom is -0.486 e. The van der Waals surface area contributed by atoms with E-state index < -0.39 is 0 Å². The molecule has 8 heteroatoms. The van der Waals surface area contributed by atoms with Crippen LogP contribution in [0.15, 0.2) is 47.7 Å². The second kappa shape index (κ2) is 9.03. The van der Waals surface area contributed by atoms with E-state index in [1.807, 2.05) is 12.1 Å². The van der Waals surface area contributed by atoms with Gasteiger partial charge in [0.25, 0.3) is 5.56 Å². The highest BCUT2D eigenvalue weighted by Gasteiger charge is 2.19. The summed E-state index contributed by atoms with van der Waals surface area (Å²) < 4.78 is 13.1. The Kier molecular flexibility index (Phi) is 5.82. The summed E-state index contributed by atoms with van der Waals surface area (Å²) in [5.41, 5.74) is 2.75. The molecule has 1 saturated heterocycles. The Balaban J connectivity index is 1.11.